The van der Waals surface area contributed by atoms with Crippen molar-refractivity contribution in [3.8, 4) is 0 Å². The summed E-state index contributed by atoms with van der Waals surface area (Å²) in [6.07, 6.45) is 3.46. The maximum atomic E-state index is 9.06. The number of aromatic amines is 1. The Labute approximate surface area is 60.9 Å². The van der Waals surface area contributed by atoms with Gasteiger partial charge in [0.1, 0.15) is 0 Å². The molecule has 0 aliphatic heterocycles. The van der Waals surface area contributed by atoms with Crippen molar-refractivity contribution in [3.63, 3.8) is 0 Å². The van der Waals surface area contributed by atoms with Gasteiger partial charge in [0.2, 0.25) is 5.23 Å². The molecule has 1 aromatic heterocycles. The third kappa shape index (κ3) is 6.59. The Kier molecular flexibility index (Phi) is 6.52. The van der Waals surface area contributed by atoms with Crippen LogP contribution in [0.4, 0.5) is 0 Å². The second kappa shape index (κ2) is 7.59. The molecule has 4 nitrogen and oxygen atoms in total. The molecule has 10 heavy (non-hydrogen) atoms. The highest BCUT2D eigenvalue weighted by atomic mass is 32.1. The fourth-order valence-corrected chi connectivity index (χ4v) is 0.278. The van der Waals surface area contributed by atoms with Crippen molar-refractivity contribution in [2.75, 3.05) is 0 Å². The summed E-state index contributed by atoms with van der Waals surface area (Å²) in [5.74, 6) is 0. The Balaban J connectivity index is 0.000000162. The normalized spacial score (nSPS) is 6.00. The molecule has 5 heteroatoms. The number of nitrogens with one attached hydrogen (secondary N) is 2. The number of rotatable bonds is 0. The molecule has 1 rings (SSSR count). The molecule has 1 aromatic rings. The van der Waals surface area contributed by atoms with Gasteiger partial charge >= 0.3 is 0 Å². The maximum absolute atomic E-state index is 9.06. The van der Waals surface area contributed by atoms with Crippen LogP contribution in [0.2, 0.25) is 0 Å². The van der Waals surface area contributed by atoms with Crippen LogP contribution >= 0.6 is 10.9 Å². The summed E-state index contributed by atoms with van der Waals surface area (Å²) < 4.78 is 0. The molecule has 52 valence electrons. The van der Waals surface area contributed by atoms with E-state index in [4.69, 9.17) is 10.2 Å². The lowest BCUT2D eigenvalue weighted by atomic mass is 10.8. The molecule has 0 aromatic carbocycles. The average Bonchev–Trinajstić information content (AvgIpc) is 2.44. The van der Waals surface area contributed by atoms with Gasteiger partial charge in [0.05, 0.1) is 5.16 Å². The molecule has 0 saturated carbocycles. The largest absolute Gasteiger partial charge is 0.286 e. The van der Waals surface area contributed by atoms with Crippen molar-refractivity contribution in [1.29, 1.82) is 5.41 Å². The minimum Gasteiger partial charge on any atom is -0.286 e. The molecule has 0 amide bonds. The van der Waals surface area contributed by atoms with Crippen LogP contribution in [0.15, 0.2) is 18.5 Å². The van der Waals surface area contributed by atoms with Crippen LogP contribution in [0.5, 0.6) is 0 Å². The Morgan fingerprint density at radius 3 is 2.60 bits per heavy atom. The zero-order valence-electron chi connectivity index (χ0n) is 5.00. The lowest BCUT2D eigenvalue weighted by Gasteiger charge is -1.49. The third-order valence-corrected chi connectivity index (χ3v) is 0.684. The van der Waals surface area contributed by atoms with E-state index in [1.165, 1.54) is 5.23 Å². The molecule has 0 fully saturated rings. The van der Waals surface area contributed by atoms with Gasteiger partial charge in [-0.05, 0) is 6.07 Å². The van der Waals surface area contributed by atoms with Gasteiger partial charge in [-0.3, -0.25) is 5.10 Å². The second-order valence-corrected chi connectivity index (χ2v) is 1.63. The van der Waals surface area contributed by atoms with Crippen LogP contribution in [0.1, 0.15) is 0 Å². The van der Waals surface area contributed by atoms with E-state index in [-0.39, 0.29) is 0 Å². The highest BCUT2D eigenvalue weighted by molar-refractivity contribution is 7.94. The molecular weight excluding hydrogens is 150 g/mol. The smallest absolute Gasteiger partial charge is 0.201 e. The molecule has 0 aliphatic rings. The van der Waals surface area contributed by atoms with Gasteiger partial charge in [0.25, 0.3) is 0 Å². The van der Waals surface area contributed by atoms with E-state index in [0.717, 1.165) is 0 Å². The first-order valence-corrected chi connectivity index (χ1v) is 3.12. The van der Waals surface area contributed by atoms with E-state index in [1.54, 1.807) is 17.6 Å². The minimum absolute atomic E-state index is 0.574. The molecule has 0 aliphatic carbocycles. The van der Waals surface area contributed by atoms with Gasteiger partial charge in [-0.25, -0.2) is 10.2 Å². The molecule has 0 saturated heterocycles. The van der Waals surface area contributed by atoms with E-state index in [0.29, 0.717) is 10.9 Å². The summed E-state index contributed by atoms with van der Waals surface area (Å²) in [6, 6.07) is 1.83. The first-order valence-electron chi connectivity index (χ1n) is 2.30. The Morgan fingerprint density at radius 2 is 2.50 bits per heavy atom. The Hall–Kier alpha value is -1.41. The van der Waals surface area contributed by atoms with Crippen LogP contribution in [-0.4, -0.2) is 20.6 Å². The number of isothiocyanates is 1. The van der Waals surface area contributed by atoms with Crippen LogP contribution in [0, 0.1) is 5.41 Å². The quantitative estimate of drug-likeness (QED) is 0.427. The molecular formula is C5H5N3OS. The lowest BCUT2D eigenvalue weighted by molar-refractivity contribution is 0.572. The number of hydrogen-bond donors (Lipinski definition) is 2. The number of nitrogens with zero attached hydrogens (tertiary/aromatic N) is 1. The first-order chi connectivity index (χ1) is 4.91. The highest BCUT2D eigenvalue weighted by Gasteiger charge is 1.56. The van der Waals surface area contributed by atoms with Gasteiger partial charge in [-0.15, -0.1) is 0 Å². The van der Waals surface area contributed by atoms with Crippen LogP contribution in [0.25, 0.3) is 0 Å². The third-order valence-electron chi connectivity index (χ3n) is 0.499. The molecule has 1 heterocycles. The number of carbonyl (C=O) groups excluding carboxylic acids is 1. The molecule has 0 radical (unpaired) electrons. The lowest BCUT2D eigenvalue weighted by Crippen LogP contribution is -1.53. The van der Waals surface area contributed by atoms with Gasteiger partial charge < -0.3 is 0 Å². The van der Waals surface area contributed by atoms with Gasteiger partial charge in [-0.1, -0.05) is 0 Å². The monoisotopic (exact) mass is 155 g/mol. The summed E-state index contributed by atoms with van der Waals surface area (Å²) >= 11 is 0. The summed E-state index contributed by atoms with van der Waals surface area (Å²) in [4.78, 5) is 9.06. The van der Waals surface area contributed by atoms with Crippen molar-refractivity contribution < 1.29 is 4.79 Å². The highest BCUT2D eigenvalue weighted by Crippen LogP contribution is 1.64. The predicted octanol–water partition coefficient (Wildman–Crippen LogP) is 0.681. The summed E-state index contributed by atoms with van der Waals surface area (Å²) in [7, 11) is 0.574. The Bertz CT molecular complexity index is 223. The summed E-state index contributed by atoms with van der Waals surface area (Å²) in [5.41, 5.74) is 0. The standard InChI is InChI=1S/C3H4N2.C2HNOS/c1-2-4-5-3-1;3-1-5-2-4/h1-3H,(H,4,5);3H. The van der Waals surface area contributed by atoms with Gasteiger partial charge in [0, 0.05) is 23.3 Å². The molecule has 2 N–H and O–H groups in total. The fraction of sp³-hybridized carbons (Fsp3) is 0. The van der Waals surface area contributed by atoms with E-state index in [2.05, 4.69) is 10.2 Å². The summed E-state index contributed by atoms with van der Waals surface area (Å²) in [5, 5.41) is 15.4. The zero-order valence-corrected chi connectivity index (χ0v) is 5.81. The molecule has 0 bridgehead atoms. The van der Waals surface area contributed by atoms with Gasteiger partial charge in [-0.2, -0.15) is 5.10 Å². The van der Waals surface area contributed by atoms with Crippen molar-refractivity contribution >= 4 is 21.3 Å². The van der Waals surface area contributed by atoms with Crippen LogP contribution in [0.3, 0.4) is 0 Å². The van der Waals surface area contributed by atoms with Crippen molar-refractivity contribution in [2.45, 2.75) is 0 Å². The number of H-pyrrole nitrogens is 1. The number of aromatic nitrogens is 2. The van der Waals surface area contributed by atoms with Crippen LogP contribution < -0.4 is 0 Å². The average molecular weight is 155 g/mol. The Morgan fingerprint density at radius 1 is 1.70 bits per heavy atom. The zero-order chi connectivity index (χ0) is 7.66. The topological polar surface area (TPSA) is 69.6 Å². The first kappa shape index (κ1) is 8.59. The fourth-order valence-electron chi connectivity index (χ4n) is 0.236. The summed E-state index contributed by atoms with van der Waals surface area (Å²) in [6.45, 7) is 0. The van der Waals surface area contributed by atoms with Gasteiger partial charge in [0.15, 0.2) is 0 Å². The number of hydrogen-bond acceptors (Lipinski definition) is 3. The maximum Gasteiger partial charge on any atom is 0.201 e. The molecule has 0 atom stereocenters. The molecule has 0 unspecified atom stereocenters. The second-order valence-electron chi connectivity index (χ2n) is 1.05. The predicted molar refractivity (Wildman–Crippen MR) is 39.6 cm³/mol. The van der Waals surface area contributed by atoms with Crippen molar-refractivity contribution in [1.82, 2.24) is 10.2 Å². The minimum atomic E-state index is 0.574. The van der Waals surface area contributed by atoms with E-state index < -0.39 is 0 Å². The van der Waals surface area contributed by atoms with E-state index >= 15 is 0 Å². The van der Waals surface area contributed by atoms with Crippen molar-refractivity contribution in [3.05, 3.63) is 18.5 Å². The van der Waals surface area contributed by atoms with E-state index in [9.17, 15) is 0 Å². The SMILES string of the molecule is N=C=S=C=O.c1cn[nH]c1. The van der Waals surface area contributed by atoms with Crippen molar-refractivity contribution in [2.24, 2.45) is 0 Å². The molecule has 0 spiro atoms. The van der Waals surface area contributed by atoms with E-state index in [1.807, 2.05) is 6.07 Å². The van der Waals surface area contributed by atoms with Crippen LogP contribution in [-0.2, 0) is 4.79 Å².